The second-order valence-electron chi connectivity index (χ2n) is 8.07. The molecule has 0 spiro atoms. The minimum absolute atomic E-state index is 0.00471. The van der Waals surface area contributed by atoms with Crippen LogP contribution < -0.4 is 0 Å². The summed E-state index contributed by atoms with van der Waals surface area (Å²) in [6.45, 7) is 3.98. The van der Waals surface area contributed by atoms with Crippen molar-refractivity contribution in [2.75, 3.05) is 12.8 Å². The third kappa shape index (κ3) is 3.96. The molecule has 3 aromatic rings. The largest absolute Gasteiger partial charge is 0.360 e. The second kappa shape index (κ2) is 8.39. The third-order valence-corrected chi connectivity index (χ3v) is 8.17. The van der Waals surface area contributed by atoms with Crippen molar-refractivity contribution in [3.05, 3.63) is 118 Å². The van der Waals surface area contributed by atoms with Crippen LogP contribution in [0.25, 0.3) is 0 Å². The van der Waals surface area contributed by atoms with Gasteiger partial charge in [0.15, 0.2) is 14.6 Å². The highest BCUT2D eigenvalue weighted by molar-refractivity contribution is 7.92. The molecule has 0 amide bonds. The molecule has 0 saturated carbocycles. The van der Waals surface area contributed by atoms with Crippen LogP contribution in [-0.2, 0) is 14.6 Å². The number of hydrogen-bond donors (Lipinski definition) is 0. The summed E-state index contributed by atoms with van der Waals surface area (Å²) in [7, 11) is -3.85. The molecule has 33 heavy (non-hydrogen) atoms. The van der Waals surface area contributed by atoms with E-state index in [1.165, 1.54) is 0 Å². The minimum Gasteiger partial charge on any atom is -0.360 e. The molecule has 0 aliphatic carbocycles. The van der Waals surface area contributed by atoms with Crippen molar-refractivity contribution in [3.8, 4) is 0 Å². The molecule has 1 saturated heterocycles. The predicted molar refractivity (Wildman–Crippen MR) is 124 cm³/mol. The predicted octanol–water partition coefficient (Wildman–Crippen LogP) is 5.29. The highest BCUT2D eigenvalue weighted by Gasteiger charge is 2.58. The van der Waals surface area contributed by atoms with Crippen LogP contribution in [0.2, 0.25) is 5.02 Å². The Labute approximate surface area is 196 Å². The lowest BCUT2D eigenvalue weighted by molar-refractivity contribution is 0.112. The summed E-state index contributed by atoms with van der Waals surface area (Å²) in [5.41, 5.74) is 2.30. The van der Waals surface area contributed by atoms with Crippen molar-refractivity contribution >= 4 is 27.7 Å². The zero-order chi connectivity index (χ0) is 24.0. The van der Waals surface area contributed by atoms with Gasteiger partial charge in [0, 0.05) is 35.2 Å². The Bertz CT molecular complexity index is 1320. The first kappa shape index (κ1) is 23.1. The Kier molecular flexibility index (Phi) is 5.88. The van der Waals surface area contributed by atoms with Gasteiger partial charge in [-0.2, -0.15) is 0 Å². The van der Waals surface area contributed by atoms with Crippen molar-refractivity contribution in [2.45, 2.75) is 10.8 Å². The molecule has 4 nitrogen and oxygen atoms in total. The van der Waals surface area contributed by atoms with Gasteiger partial charge < -0.3 is 4.90 Å². The van der Waals surface area contributed by atoms with Gasteiger partial charge >= 0.3 is 0 Å². The van der Waals surface area contributed by atoms with Gasteiger partial charge in [0.25, 0.3) is 0 Å². The molecule has 1 heterocycles. The lowest BCUT2D eigenvalue weighted by Crippen LogP contribution is -2.61. The first-order valence-corrected chi connectivity index (χ1v) is 12.3. The van der Waals surface area contributed by atoms with Crippen LogP contribution in [0.15, 0.2) is 79.0 Å². The summed E-state index contributed by atoms with van der Waals surface area (Å²) in [5.74, 6) is -1.73. The lowest BCUT2D eigenvalue weighted by atomic mass is 9.82. The molecule has 170 valence electrons. The summed E-state index contributed by atoms with van der Waals surface area (Å²) in [5, 5.41) is 0.539. The number of carbonyl (C=O) groups is 1. The van der Waals surface area contributed by atoms with Gasteiger partial charge in [0.2, 0.25) is 0 Å². The molecule has 1 aliphatic heterocycles. The number of hydrogen-bond acceptors (Lipinski definition) is 4. The van der Waals surface area contributed by atoms with Gasteiger partial charge in [-0.25, -0.2) is 17.2 Å². The average molecular weight is 488 g/mol. The number of benzene rings is 3. The van der Waals surface area contributed by atoms with E-state index in [2.05, 4.69) is 6.58 Å². The van der Waals surface area contributed by atoms with Gasteiger partial charge in [0.05, 0.1) is 6.04 Å². The van der Waals surface area contributed by atoms with E-state index in [1.54, 1.807) is 41.3 Å². The van der Waals surface area contributed by atoms with Crippen LogP contribution >= 0.6 is 11.6 Å². The molecular weight excluding hydrogens is 468 g/mol. The fourth-order valence-corrected chi connectivity index (χ4v) is 5.95. The van der Waals surface area contributed by atoms with Crippen LogP contribution in [-0.4, -0.2) is 32.4 Å². The quantitative estimate of drug-likeness (QED) is 0.443. The van der Waals surface area contributed by atoms with Crippen LogP contribution in [0.1, 0.15) is 33.1 Å². The fourth-order valence-electron chi connectivity index (χ4n) is 4.36. The molecule has 0 bridgehead atoms. The van der Waals surface area contributed by atoms with E-state index in [0.29, 0.717) is 16.7 Å². The van der Waals surface area contributed by atoms with E-state index in [-0.39, 0.29) is 17.8 Å². The zero-order valence-corrected chi connectivity index (χ0v) is 19.2. The molecule has 3 aromatic carbocycles. The highest BCUT2D eigenvalue weighted by atomic mass is 35.5. The Hall–Kier alpha value is -3.03. The molecule has 4 rings (SSSR count). The molecular formula is C25H20ClF2NO3S. The number of carbonyl (C=O) groups excluding carboxylic acids is 1. The standard InChI is InChI=1S/C25H20ClF2NO3S/c1-16-25(33(2,31)32,20-11-22(27)13-23(28)12-20)15-29(16)24(19-7-9-21(26)10-8-19)18-5-3-17(14-30)4-6-18/h3-14,24H,1,15H2,2H3. The normalized spacial score (nSPS) is 19.2. The van der Waals surface area contributed by atoms with Gasteiger partial charge in [-0.15, -0.1) is 0 Å². The number of halogens is 3. The van der Waals surface area contributed by atoms with Crippen LogP contribution in [0.5, 0.6) is 0 Å². The van der Waals surface area contributed by atoms with Crippen molar-refractivity contribution in [2.24, 2.45) is 0 Å². The number of nitrogens with zero attached hydrogens (tertiary/aromatic N) is 1. The molecule has 0 N–H and O–H groups in total. The van der Waals surface area contributed by atoms with E-state index in [9.17, 15) is 22.0 Å². The summed E-state index contributed by atoms with van der Waals surface area (Å²) < 4.78 is 52.3. The van der Waals surface area contributed by atoms with Gasteiger partial charge in [-0.3, -0.25) is 4.79 Å². The van der Waals surface area contributed by atoms with E-state index < -0.39 is 32.3 Å². The first-order valence-electron chi connectivity index (χ1n) is 9.99. The van der Waals surface area contributed by atoms with Gasteiger partial charge in [-0.05, 0) is 41.0 Å². The van der Waals surface area contributed by atoms with Gasteiger partial charge in [-0.1, -0.05) is 54.6 Å². The number of aldehydes is 1. The van der Waals surface area contributed by atoms with Crippen molar-refractivity contribution in [1.29, 1.82) is 0 Å². The topological polar surface area (TPSA) is 54.5 Å². The second-order valence-corrected chi connectivity index (χ2v) is 10.7. The molecule has 2 unspecified atom stereocenters. The fraction of sp³-hybridized carbons (Fsp3) is 0.160. The van der Waals surface area contributed by atoms with Crippen molar-refractivity contribution in [3.63, 3.8) is 0 Å². The number of rotatable bonds is 6. The SMILES string of the molecule is C=C1N(C(c2ccc(Cl)cc2)c2ccc(C=O)cc2)CC1(c1cc(F)cc(F)c1)S(C)(=O)=O. The maximum Gasteiger partial charge on any atom is 0.164 e. The molecule has 0 radical (unpaired) electrons. The Balaban J connectivity index is 1.83. The average Bonchev–Trinajstić information content (AvgIpc) is 2.75. The number of likely N-dealkylation sites (tertiary alicyclic amines) is 1. The summed E-state index contributed by atoms with van der Waals surface area (Å²) in [6.07, 6.45) is 1.77. The molecule has 1 fully saturated rings. The lowest BCUT2D eigenvalue weighted by Gasteiger charge is -2.55. The monoisotopic (exact) mass is 487 g/mol. The smallest absolute Gasteiger partial charge is 0.164 e. The van der Waals surface area contributed by atoms with Crippen LogP contribution in [0.4, 0.5) is 8.78 Å². The third-order valence-electron chi connectivity index (χ3n) is 6.05. The van der Waals surface area contributed by atoms with Crippen LogP contribution in [0.3, 0.4) is 0 Å². The molecule has 0 aromatic heterocycles. The summed E-state index contributed by atoms with van der Waals surface area (Å²) in [4.78, 5) is 12.9. The highest BCUT2D eigenvalue weighted by Crippen LogP contribution is 2.52. The van der Waals surface area contributed by atoms with E-state index in [0.717, 1.165) is 35.8 Å². The molecule has 1 aliphatic rings. The Morgan fingerprint density at radius 1 is 1.00 bits per heavy atom. The maximum atomic E-state index is 14.0. The summed E-state index contributed by atoms with van der Waals surface area (Å²) in [6, 6.07) is 16.3. The minimum atomic E-state index is -3.85. The van der Waals surface area contributed by atoms with Crippen LogP contribution in [0, 0.1) is 11.6 Å². The van der Waals surface area contributed by atoms with Crippen molar-refractivity contribution in [1.82, 2.24) is 4.90 Å². The summed E-state index contributed by atoms with van der Waals surface area (Å²) >= 11 is 6.05. The maximum absolute atomic E-state index is 14.0. The van der Waals surface area contributed by atoms with E-state index in [4.69, 9.17) is 11.6 Å². The van der Waals surface area contributed by atoms with E-state index >= 15 is 0 Å². The van der Waals surface area contributed by atoms with Gasteiger partial charge in [0.1, 0.15) is 17.9 Å². The first-order chi connectivity index (χ1) is 15.6. The van der Waals surface area contributed by atoms with Crippen molar-refractivity contribution < 1.29 is 22.0 Å². The Morgan fingerprint density at radius 2 is 1.52 bits per heavy atom. The Morgan fingerprint density at radius 3 is 1.97 bits per heavy atom. The molecule has 2 atom stereocenters. The number of sulfone groups is 1. The zero-order valence-electron chi connectivity index (χ0n) is 17.6. The van der Waals surface area contributed by atoms with E-state index in [1.807, 2.05) is 12.1 Å². The molecule has 8 heteroatoms.